The molecule has 2 aromatic heterocycles. The lowest BCUT2D eigenvalue weighted by atomic mass is 10.0. The Hall–Kier alpha value is -3.17. The highest BCUT2D eigenvalue weighted by atomic mass is 32.2. The van der Waals surface area contributed by atoms with Crippen LogP contribution in [0, 0.1) is 20.8 Å². The third-order valence-corrected chi connectivity index (χ3v) is 6.57. The van der Waals surface area contributed by atoms with Gasteiger partial charge in [0.15, 0.2) is 10.9 Å². The first-order valence-electron chi connectivity index (χ1n) is 9.16. The Morgan fingerprint density at radius 1 is 1.00 bits per heavy atom. The molecule has 2 aromatic carbocycles. The van der Waals surface area contributed by atoms with Crippen LogP contribution in [-0.2, 0) is 10.0 Å². The monoisotopic (exact) mass is 440 g/mol. The lowest BCUT2D eigenvalue weighted by Crippen LogP contribution is -2.13. The third-order valence-electron chi connectivity index (χ3n) is 4.44. The highest BCUT2D eigenvalue weighted by Crippen LogP contribution is 2.30. The largest absolute Gasteiger partial charge is 0.360 e. The maximum Gasteiger partial charge on any atom is 0.263 e. The minimum atomic E-state index is -3.74. The van der Waals surface area contributed by atoms with Crippen LogP contribution in [0.2, 0.25) is 0 Å². The SMILES string of the molecule is Cc1ccc(-c2csc(Nc3ccc(S(=O)(=O)Nc4cc(C)on4)cc3)n2)c(C)c1. The van der Waals surface area contributed by atoms with Crippen molar-refractivity contribution in [2.45, 2.75) is 25.7 Å². The normalized spacial score (nSPS) is 11.4. The van der Waals surface area contributed by atoms with Crippen LogP contribution < -0.4 is 10.0 Å². The van der Waals surface area contributed by atoms with Crippen LogP contribution >= 0.6 is 11.3 Å². The van der Waals surface area contributed by atoms with Gasteiger partial charge in [0.1, 0.15) is 5.76 Å². The van der Waals surface area contributed by atoms with E-state index in [2.05, 4.69) is 52.2 Å². The minimum absolute atomic E-state index is 0.129. The summed E-state index contributed by atoms with van der Waals surface area (Å²) >= 11 is 1.49. The van der Waals surface area contributed by atoms with Gasteiger partial charge in [0.05, 0.1) is 10.6 Å². The Balaban J connectivity index is 1.48. The van der Waals surface area contributed by atoms with Crippen LogP contribution in [-0.4, -0.2) is 18.6 Å². The number of anilines is 3. The number of hydrogen-bond donors (Lipinski definition) is 2. The lowest BCUT2D eigenvalue weighted by molar-refractivity contribution is 0.400. The van der Waals surface area contributed by atoms with E-state index in [9.17, 15) is 8.42 Å². The molecule has 2 N–H and O–H groups in total. The second kappa shape index (κ2) is 7.92. The summed E-state index contributed by atoms with van der Waals surface area (Å²) in [5, 5.41) is 9.61. The fourth-order valence-corrected chi connectivity index (χ4v) is 4.72. The Kier molecular flexibility index (Phi) is 5.31. The number of thiazole rings is 1. The van der Waals surface area contributed by atoms with Crippen molar-refractivity contribution in [3.8, 4) is 11.3 Å². The number of aromatic nitrogens is 2. The molecular formula is C21H20N4O3S2. The Labute approximate surface area is 178 Å². The molecule has 0 aliphatic rings. The molecule has 0 amide bonds. The van der Waals surface area contributed by atoms with Crippen LogP contribution in [0.5, 0.6) is 0 Å². The summed E-state index contributed by atoms with van der Waals surface area (Å²) in [6, 6.07) is 14.2. The third kappa shape index (κ3) is 4.37. The molecule has 0 unspecified atom stereocenters. The van der Waals surface area contributed by atoms with Crippen molar-refractivity contribution in [2.75, 3.05) is 10.0 Å². The first-order chi connectivity index (χ1) is 14.3. The number of aryl methyl sites for hydroxylation is 3. The van der Waals surface area contributed by atoms with Gasteiger partial charge in [-0.2, -0.15) is 0 Å². The van der Waals surface area contributed by atoms with Gasteiger partial charge in [-0.25, -0.2) is 13.4 Å². The Morgan fingerprint density at radius 3 is 2.43 bits per heavy atom. The molecule has 154 valence electrons. The van der Waals surface area contributed by atoms with Crippen molar-refractivity contribution < 1.29 is 12.9 Å². The van der Waals surface area contributed by atoms with Crippen molar-refractivity contribution in [3.63, 3.8) is 0 Å². The van der Waals surface area contributed by atoms with Gasteiger partial charge in [0, 0.05) is 22.7 Å². The maximum atomic E-state index is 12.5. The van der Waals surface area contributed by atoms with E-state index < -0.39 is 10.0 Å². The highest BCUT2D eigenvalue weighted by molar-refractivity contribution is 7.92. The van der Waals surface area contributed by atoms with Gasteiger partial charge in [-0.15, -0.1) is 11.3 Å². The minimum Gasteiger partial charge on any atom is -0.360 e. The molecule has 0 fully saturated rings. The number of nitrogens with zero attached hydrogens (tertiary/aromatic N) is 2. The number of rotatable bonds is 6. The van der Waals surface area contributed by atoms with Gasteiger partial charge in [0.2, 0.25) is 0 Å². The molecule has 0 atom stereocenters. The molecule has 4 aromatic rings. The van der Waals surface area contributed by atoms with Crippen LogP contribution in [0.25, 0.3) is 11.3 Å². The van der Waals surface area contributed by atoms with Crippen LogP contribution in [0.15, 0.2) is 63.3 Å². The zero-order valence-corrected chi connectivity index (χ0v) is 18.3. The van der Waals surface area contributed by atoms with Gasteiger partial charge >= 0.3 is 0 Å². The first kappa shape index (κ1) is 20.1. The van der Waals surface area contributed by atoms with Crippen molar-refractivity contribution in [2.24, 2.45) is 0 Å². The van der Waals surface area contributed by atoms with E-state index in [1.54, 1.807) is 19.1 Å². The molecule has 0 aliphatic heterocycles. The van der Waals surface area contributed by atoms with E-state index in [1.165, 1.54) is 40.7 Å². The second-order valence-corrected chi connectivity index (χ2v) is 9.47. The predicted molar refractivity (Wildman–Crippen MR) is 119 cm³/mol. The Bertz CT molecular complexity index is 1290. The summed E-state index contributed by atoms with van der Waals surface area (Å²) in [5.41, 5.74) is 5.14. The Morgan fingerprint density at radius 2 is 1.77 bits per heavy atom. The number of benzene rings is 2. The molecule has 0 spiro atoms. The van der Waals surface area contributed by atoms with Crippen molar-refractivity contribution >= 4 is 38.0 Å². The molecule has 0 saturated heterocycles. The number of hydrogen-bond acceptors (Lipinski definition) is 7. The van der Waals surface area contributed by atoms with E-state index in [0.29, 0.717) is 5.76 Å². The van der Waals surface area contributed by atoms with Crippen LogP contribution in [0.3, 0.4) is 0 Å². The van der Waals surface area contributed by atoms with Crippen molar-refractivity contribution in [1.29, 1.82) is 0 Å². The van der Waals surface area contributed by atoms with Crippen molar-refractivity contribution in [1.82, 2.24) is 10.1 Å². The lowest BCUT2D eigenvalue weighted by Gasteiger charge is -2.07. The molecule has 4 rings (SSSR count). The van der Waals surface area contributed by atoms with E-state index in [-0.39, 0.29) is 10.7 Å². The quantitative estimate of drug-likeness (QED) is 0.424. The van der Waals surface area contributed by atoms with Gasteiger partial charge in [0.25, 0.3) is 10.0 Å². The molecule has 0 radical (unpaired) electrons. The molecule has 0 saturated carbocycles. The van der Waals surface area contributed by atoms with Crippen molar-refractivity contribution in [3.05, 3.63) is 70.8 Å². The summed E-state index contributed by atoms with van der Waals surface area (Å²) < 4.78 is 32.2. The van der Waals surface area contributed by atoms with E-state index in [4.69, 9.17) is 4.52 Å². The highest BCUT2D eigenvalue weighted by Gasteiger charge is 2.16. The fraction of sp³-hybridized carbons (Fsp3) is 0.143. The standard InChI is InChI=1S/C21H20N4O3S2/c1-13-4-9-18(14(2)10-13)19-12-29-21(23-19)22-16-5-7-17(8-6-16)30(26,27)25-20-11-15(3)28-24-20/h4-12H,1-3H3,(H,22,23)(H,24,25). The van der Waals surface area contributed by atoms with E-state index >= 15 is 0 Å². The second-order valence-electron chi connectivity index (χ2n) is 6.93. The van der Waals surface area contributed by atoms with Gasteiger partial charge in [-0.1, -0.05) is 28.9 Å². The zero-order valence-electron chi connectivity index (χ0n) is 16.6. The fourth-order valence-electron chi connectivity index (χ4n) is 3.01. The van der Waals surface area contributed by atoms with Crippen LogP contribution in [0.1, 0.15) is 16.9 Å². The predicted octanol–water partition coefficient (Wildman–Crippen LogP) is 5.27. The summed E-state index contributed by atoms with van der Waals surface area (Å²) in [6.45, 7) is 5.83. The van der Waals surface area contributed by atoms with E-state index in [0.717, 1.165) is 22.1 Å². The van der Waals surface area contributed by atoms with Crippen LogP contribution in [0.4, 0.5) is 16.6 Å². The summed E-state index contributed by atoms with van der Waals surface area (Å²) in [7, 11) is -3.74. The molecule has 2 heterocycles. The molecule has 9 heteroatoms. The van der Waals surface area contributed by atoms with Gasteiger partial charge < -0.3 is 9.84 Å². The average Bonchev–Trinajstić information content (AvgIpc) is 3.31. The summed E-state index contributed by atoms with van der Waals surface area (Å²) in [4.78, 5) is 4.78. The topological polar surface area (TPSA) is 97.1 Å². The van der Waals surface area contributed by atoms with Gasteiger partial charge in [-0.3, -0.25) is 4.72 Å². The molecule has 7 nitrogen and oxygen atoms in total. The smallest absolute Gasteiger partial charge is 0.263 e. The maximum absolute atomic E-state index is 12.5. The number of sulfonamides is 1. The summed E-state index contributed by atoms with van der Waals surface area (Å²) in [5.74, 6) is 0.673. The number of nitrogens with one attached hydrogen (secondary N) is 2. The average molecular weight is 441 g/mol. The van der Waals surface area contributed by atoms with Gasteiger partial charge in [-0.05, 0) is 50.6 Å². The molecule has 0 bridgehead atoms. The molecular weight excluding hydrogens is 420 g/mol. The molecule has 30 heavy (non-hydrogen) atoms. The zero-order chi connectivity index (χ0) is 21.3. The first-order valence-corrected chi connectivity index (χ1v) is 11.5. The molecule has 0 aliphatic carbocycles. The van der Waals surface area contributed by atoms with E-state index in [1.807, 2.05) is 5.38 Å². The summed E-state index contributed by atoms with van der Waals surface area (Å²) in [6.07, 6.45) is 0.